The summed E-state index contributed by atoms with van der Waals surface area (Å²) in [5.41, 5.74) is 3.17. The van der Waals surface area contributed by atoms with E-state index in [0.29, 0.717) is 40.6 Å². The van der Waals surface area contributed by atoms with Gasteiger partial charge < -0.3 is 15.4 Å². The van der Waals surface area contributed by atoms with Gasteiger partial charge in [-0.2, -0.15) is 5.26 Å². The smallest absolute Gasteiger partial charge is 0.255 e. The van der Waals surface area contributed by atoms with Crippen LogP contribution in [-0.4, -0.2) is 17.6 Å². The normalized spacial score (nSPS) is 12.3. The molecule has 30 heavy (non-hydrogen) atoms. The summed E-state index contributed by atoms with van der Waals surface area (Å²) in [6.07, 6.45) is 0. The second kappa shape index (κ2) is 8.72. The van der Waals surface area contributed by atoms with Crippen LogP contribution < -0.4 is 15.4 Å². The molecule has 0 fully saturated rings. The lowest BCUT2D eigenvalue weighted by Crippen LogP contribution is -2.19. The van der Waals surface area contributed by atoms with Gasteiger partial charge >= 0.3 is 0 Å². The molecule has 4 rings (SSSR count). The summed E-state index contributed by atoms with van der Waals surface area (Å²) in [6, 6.07) is 21.7. The summed E-state index contributed by atoms with van der Waals surface area (Å²) >= 11 is 1.45. The van der Waals surface area contributed by atoms with E-state index in [1.165, 1.54) is 11.8 Å². The molecule has 2 N–H and O–H groups in total. The van der Waals surface area contributed by atoms with Crippen LogP contribution in [-0.2, 0) is 11.4 Å². The number of benzene rings is 3. The molecule has 0 unspecified atom stereocenters. The van der Waals surface area contributed by atoms with Crippen LogP contribution in [0.2, 0.25) is 0 Å². The Morgan fingerprint density at radius 2 is 2.00 bits per heavy atom. The monoisotopic (exact) mass is 415 g/mol. The largest absolute Gasteiger partial charge is 0.489 e. The third-order valence-corrected chi connectivity index (χ3v) is 5.50. The summed E-state index contributed by atoms with van der Waals surface area (Å²) < 4.78 is 5.79. The van der Waals surface area contributed by atoms with Crippen molar-refractivity contribution in [3.63, 3.8) is 0 Å². The van der Waals surface area contributed by atoms with Crippen molar-refractivity contribution in [2.75, 3.05) is 16.4 Å². The third kappa shape index (κ3) is 4.62. The molecule has 3 aromatic rings. The number of carbonyl (C=O) groups excluding carboxylic acids is 2. The van der Waals surface area contributed by atoms with Crippen LogP contribution in [0.15, 0.2) is 71.6 Å². The minimum Gasteiger partial charge on any atom is -0.489 e. The van der Waals surface area contributed by atoms with Crippen molar-refractivity contribution in [3.05, 3.63) is 83.4 Å². The van der Waals surface area contributed by atoms with Crippen LogP contribution in [0.5, 0.6) is 5.75 Å². The standard InChI is InChI=1S/C23H17N3O3S/c24-12-15-3-1-4-16(9-15)13-29-19-6-2-5-18(11-19)25-23(28)17-7-8-21-20(10-17)26-22(27)14-30-21/h1-11H,13-14H2,(H,25,28)(H,26,27). The average Bonchev–Trinajstić information content (AvgIpc) is 2.77. The Morgan fingerprint density at radius 3 is 2.87 bits per heavy atom. The van der Waals surface area contributed by atoms with Gasteiger partial charge in [0.2, 0.25) is 5.91 Å². The quantitative estimate of drug-likeness (QED) is 0.643. The number of hydrogen-bond donors (Lipinski definition) is 2. The van der Waals surface area contributed by atoms with E-state index in [1.807, 2.05) is 18.2 Å². The first-order valence-electron chi connectivity index (χ1n) is 9.21. The topological polar surface area (TPSA) is 91.2 Å². The Balaban J connectivity index is 1.43. The first-order chi connectivity index (χ1) is 14.6. The van der Waals surface area contributed by atoms with E-state index in [2.05, 4.69) is 16.7 Å². The summed E-state index contributed by atoms with van der Waals surface area (Å²) in [5, 5.41) is 14.6. The van der Waals surface area contributed by atoms with Crippen molar-refractivity contribution in [2.45, 2.75) is 11.5 Å². The zero-order valence-corrected chi connectivity index (χ0v) is 16.7. The van der Waals surface area contributed by atoms with Crippen molar-refractivity contribution in [1.82, 2.24) is 0 Å². The molecule has 0 radical (unpaired) electrons. The fraction of sp³-hybridized carbons (Fsp3) is 0.0870. The first kappa shape index (κ1) is 19.6. The lowest BCUT2D eigenvalue weighted by Gasteiger charge is -2.17. The van der Waals surface area contributed by atoms with Gasteiger partial charge in [0.15, 0.2) is 0 Å². The molecule has 0 saturated heterocycles. The molecule has 3 aromatic carbocycles. The van der Waals surface area contributed by atoms with Crippen molar-refractivity contribution in [1.29, 1.82) is 5.26 Å². The predicted octanol–water partition coefficient (Wildman–Crippen LogP) is 4.43. The zero-order valence-electron chi connectivity index (χ0n) is 15.8. The molecular weight excluding hydrogens is 398 g/mol. The number of hydrogen-bond acceptors (Lipinski definition) is 5. The van der Waals surface area contributed by atoms with E-state index in [-0.39, 0.29) is 11.8 Å². The predicted molar refractivity (Wildman–Crippen MR) is 116 cm³/mol. The Labute approximate surface area is 177 Å². The Bertz CT molecular complexity index is 1170. The molecule has 2 amide bonds. The molecule has 0 saturated carbocycles. The van der Waals surface area contributed by atoms with Crippen molar-refractivity contribution >= 4 is 35.0 Å². The van der Waals surface area contributed by atoms with E-state index < -0.39 is 0 Å². The highest BCUT2D eigenvalue weighted by Crippen LogP contribution is 2.32. The summed E-state index contributed by atoms with van der Waals surface area (Å²) in [6.45, 7) is 0.315. The Morgan fingerprint density at radius 1 is 1.13 bits per heavy atom. The number of thioether (sulfide) groups is 1. The van der Waals surface area contributed by atoms with Crippen LogP contribution in [0.4, 0.5) is 11.4 Å². The number of ether oxygens (including phenoxy) is 1. The van der Waals surface area contributed by atoms with Crippen LogP contribution in [0, 0.1) is 11.3 Å². The fourth-order valence-corrected chi connectivity index (χ4v) is 3.78. The molecule has 0 bridgehead atoms. The van der Waals surface area contributed by atoms with Gasteiger partial charge in [0, 0.05) is 22.2 Å². The van der Waals surface area contributed by atoms with Gasteiger partial charge in [0.25, 0.3) is 5.91 Å². The lowest BCUT2D eigenvalue weighted by molar-refractivity contribution is -0.113. The van der Waals surface area contributed by atoms with Gasteiger partial charge in [-0.15, -0.1) is 11.8 Å². The highest BCUT2D eigenvalue weighted by atomic mass is 32.2. The SMILES string of the molecule is N#Cc1cccc(COc2cccc(NC(=O)c3ccc4c(c3)NC(=O)CS4)c2)c1. The molecule has 0 aromatic heterocycles. The molecule has 0 aliphatic carbocycles. The van der Waals surface area contributed by atoms with Gasteiger partial charge in [-0.3, -0.25) is 9.59 Å². The fourth-order valence-electron chi connectivity index (χ4n) is 2.99. The van der Waals surface area contributed by atoms with E-state index in [9.17, 15) is 9.59 Å². The van der Waals surface area contributed by atoms with Crippen LogP contribution in [0.25, 0.3) is 0 Å². The maximum absolute atomic E-state index is 12.6. The van der Waals surface area contributed by atoms with E-state index >= 15 is 0 Å². The molecule has 1 aliphatic rings. The maximum atomic E-state index is 12.6. The average molecular weight is 415 g/mol. The van der Waals surface area contributed by atoms with E-state index in [4.69, 9.17) is 10.00 Å². The van der Waals surface area contributed by atoms with Crippen LogP contribution >= 0.6 is 11.8 Å². The number of amides is 2. The molecule has 6 nitrogen and oxygen atoms in total. The molecular formula is C23H17N3O3S. The van der Waals surface area contributed by atoms with E-state index in [0.717, 1.165) is 10.5 Å². The van der Waals surface area contributed by atoms with Gasteiger partial charge in [-0.05, 0) is 48.0 Å². The van der Waals surface area contributed by atoms with Gasteiger partial charge in [0.1, 0.15) is 12.4 Å². The summed E-state index contributed by atoms with van der Waals surface area (Å²) in [7, 11) is 0. The second-order valence-corrected chi connectivity index (χ2v) is 7.65. The van der Waals surface area contributed by atoms with Crippen molar-refractivity contribution in [2.24, 2.45) is 0 Å². The highest BCUT2D eigenvalue weighted by molar-refractivity contribution is 8.00. The Kier molecular flexibility index (Phi) is 5.68. The number of nitrogens with one attached hydrogen (secondary N) is 2. The number of carbonyl (C=O) groups is 2. The number of rotatable bonds is 5. The summed E-state index contributed by atoms with van der Waals surface area (Å²) in [4.78, 5) is 25.2. The summed E-state index contributed by atoms with van der Waals surface area (Å²) in [5.74, 6) is 0.632. The molecule has 0 spiro atoms. The minimum absolute atomic E-state index is 0.0739. The number of nitriles is 1. The van der Waals surface area contributed by atoms with Gasteiger partial charge in [-0.25, -0.2) is 0 Å². The van der Waals surface area contributed by atoms with E-state index in [1.54, 1.807) is 48.5 Å². The van der Waals surface area contributed by atoms with Gasteiger partial charge in [0.05, 0.1) is 23.1 Å². The number of fused-ring (bicyclic) bond motifs is 1. The van der Waals surface area contributed by atoms with Crippen molar-refractivity contribution < 1.29 is 14.3 Å². The molecule has 1 aliphatic heterocycles. The first-order valence-corrected chi connectivity index (χ1v) is 10.2. The molecule has 148 valence electrons. The Hall–Kier alpha value is -3.76. The molecule has 0 atom stereocenters. The zero-order chi connectivity index (χ0) is 20.9. The molecule has 1 heterocycles. The lowest BCUT2D eigenvalue weighted by atomic mass is 10.1. The molecule has 7 heteroatoms. The number of anilines is 2. The highest BCUT2D eigenvalue weighted by Gasteiger charge is 2.17. The number of nitrogens with zero attached hydrogens (tertiary/aromatic N) is 1. The second-order valence-electron chi connectivity index (χ2n) is 6.63. The van der Waals surface area contributed by atoms with Gasteiger partial charge in [-0.1, -0.05) is 18.2 Å². The van der Waals surface area contributed by atoms with Crippen molar-refractivity contribution in [3.8, 4) is 11.8 Å². The van der Waals surface area contributed by atoms with Crippen LogP contribution in [0.3, 0.4) is 0 Å². The maximum Gasteiger partial charge on any atom is 0.255 e. The van der Waals surface area contributed by atoms with Crippen LogP contribution in [0.1, 0.15) is 21.5 Å². The third-order valence-electron chi connectivity index (χ3n) is 4.43. The minimum atomic E-state index is -0.276.